The van der Waals surface area contributed by atoms with Gasteiger partial charge in [0.2, 0.25) is 0 Å². The van der Waals surface area contributed by atoms with Crippen LogP contribution in [0.2, 0.25) is 0 Å². The van der Waals surface area contributed by atoms with Crippen LogP contribution in [0.5, 0.6) is 0 Å². The minimum Gasteiger partial charge on any atom is -0.334 e. The second-order valence-corrected chi connectivity index (χ2v) is 9.11. The number of hydrogen-bond acceptors (Lipinski definition) is 6. The minimum atomic E-state index is -3.04. The summed E-state index contributed by atoms with van der Waals surface area (Å²) in [5, 5.41) is 10.3. The van der Waals surface area contributed by atoms with Gasteiger partial charge in [-0.1, -0.05) is 0 Å². The molecule has 3 amide bonds. The Morgan fingerprint density at radius 1 is 1.19 bits per heavy atom. The second kappa shape index (κ2) is 7.42. The fraction of sp³-hybridized carbons (Fsp3) is 0.312. The van der Waals surface area contributed by atoms with Crippen molar-refractivity contribution in [1.82, 2.24) is 10.3 Å². The second-order valence-electron chi connectivity index (χ2n) is 6.02. The van der Waals surface area contributed by atoms with Crippen molar-refractivity contribution >= 4 is 43.9 Å². The molecule has 3 rings (SSSR count). The zero-order valence-electron chi connectivity index (χ0n) is 14.0. The molecular weight excluding hydrogens is 376 g/mol. The number of aromatic nitrogens is 1. The van der Waals surface area contributed by atoms with Crippen molar-refractivity contribution in [3.63, 3.8) is 0 Å². The van der Waals surface area contributed by atoms with Crippen molar-refractivity contribution < 1.29 is 18.0 Å². The summed E-state index contributed by atoms with van der Waals surface area (Å²) in [6, 6.07) is 5.55. The molecule has 3 N–H and O–H groups in total. The van der Waals surface area contributed by atoms with Crippen LogP contribution in [0.4, 0.5) is 15.6 Å². The predicted molar refractivity (Wildman–Crippen MR) is 100 cm³/mol. The number of carbonyl (C=O) groups excluding carboxylic acids is 2. The maximum absolute atomic E-state index is 12.1. The topological polar surface area (TPSA) is 117 Å². The van der Waals surface area contributed by atoms with E-state index in [2.05, 4.69) is 20.9 Å². The quantitative estimate of drug-likeness (QED) is 0.733. The highest BCUT2D eigenvalue weighted by Gasteiger charge is 2.28. The van der Waals surface area contributed by atoms with E-state index >= 15 is 0 Å². The Balaban J connectivity index is 1.54. The summed E-state index contributed by atoms with van der Waals surface area (Å²) in [6.45, 7) is 1.85. The van der Waals surface area contributed by atoms with Crippen molar-refractivity contribution in [1.29, 1.82) is 0 Å². The molecule has 1 atom stereocenters. The highest BCUT2D eigenvalue weighted by molar-refractivity contribution is 7.91. The van der Waals surface area contributed by atoms with Crippen LogP contribution in [0.1, 0.15) is 22.5 Å². The number of rotatable bonds is 4. The number of thiazole rings is 1. The molecule has 2 aromatic rings. The Morgan fingerprint density at radius 3 is 2.50 bits per heavy atom. The molecule has 1 unspecified atom stereocenters. The minimum absolute atomic E-state index is 0.0320. The number of nitrogens with zero attached hydrogens (tertiary/aromatic N) is 1. The fourth-order valence-electron chi connectivity index (χ4n) is 2.55. The van der Waals surface area contributed by atoms with Crippen LogP contribution >= 0.6 is 11.3 Å². The van der Waals surface area contributed by atoms with Gasteiger partial charge in [0.15, 0.2) is 15.0 Å². The van der Waals surface area contributed by atoms with E-state index in [0.29, 0.717) is 22.8 Å². The number of hydrogen-bond donors (Lipinski definition) is 3. The summed E-state index contributed by atoms with van der Waals surface area (Å²) >= 11 is 1.35. The number of nitrogens with one attached hydrogen (secondary N) is 3. The first-order valence-electron chi connectivity index (χ1n) is 7.92. The number of amides is 3. The third-order valence-corrected chi connectivity index (χ3v) is 6.46. The lowest BCUT2D eigenvalue weighted by molar-refractivity contribution is 0.102. The Bertz CT molecular complexity index is 922. The lowest BCUT2D eigenvalue weighted by Crippen LogP contribution is -2.38. The molecular formula is C16H18N4O4S2. The van der Waals surface area contributed by atoms with Crippen LogP contribution in [-0.4, -0.2) is 42.9 Å². The van der Waals surface area contributed by atoms with Gasteiger partial charge in [0.1, 0.15) is 0 Å². The van der Waals surface area contributed by atoms with Crippen molar-refractivity contribution in [3.05, 3.63) is 40.9 Å². The standard InChI is InChI=1S/C16H18N4O4S2/c1-10-8-25-16(17-10)20-14(21)11-2-4-12(5-3-11)18-15(22)19-13-6-7-26(23,24)9-13/h2-5,8,13H,6-7,9H2,1H3,(H,17,20,21)(H2,18,19,22). The maximum Gasteiger partial charge on any atom is 0.319 e. The smallest absolute Gasteiger partial charge is 0.319 e. The summed E-state index contributed by atoms with van der Waals surface area (Å²) in [5.41, 5.74) is 1.78. The first-order valence-corrected chi connectivity index (χ1v) is 10.6. The average molecular weight is 394 g/mol. The van der Waals surface area contributed by atoms with Gasteiger partial charge in [-0.05, 0) is 37.6 Å². The normalized spacial score (nSPS) is 18.3. The van der Waals surface area contributed by atoms with Crippen molar-refractivity contribution in [2.45, 2.75) is 19.4 Å². The van der Waals surface area contributed by atoms with Gasteiger partial charge in [-0.2, -0.15) is 0 Å². The maximum atomic E-state index is 12.1. The molecule has 138 valence electrons. The van der Waals surface area contributed by atoms with Crippen LogP contribution < -0.4 is 16.0 Å². The number of sulfone groups is 1. The summed E-state index contributed by atoms with van der Waals surface area (Å²) < 4.78 is 22.8. The predicted octanol–water partition coefficient (Wildman–Crippen LogP) is 2.01. The number of carbonyl (C=O) groups is 2. The van der Waals surface area contributed by atoms with E-state index in [-0.39, 0.29) is 23.5 Å². The molecule has 0 radical (unpaired) electrons. The number of benzene rings is 1. The van der Waals surface area contributed by atoms with Gasteiger partial charge < -0.3 is 10.6 Å². The first kappa shape index (κ1) is 18.3. The van der Waals surface area contributed by atoms with E-state index in [1.54, 1.807) is 24.3 Å². The Labute approximate surface area is 154 Å². The monoisotopic (exact) mass is 394 g/mol. The first-order chi connectivity index (χ1) is 12.3. The molecule has 1 aliphatic rings. The van der Waals surface area contributed by atoms with E-state index in [1.165, 1.54) is 11.3 Å². The van der Waals surface area contributed by atoms with Crippen LogP contribution in [0.3, 0.4) is 0 Å². The highest BCUT2D eigenvalue weighted by atomic mass is 32.2. The molecule has 0 saturated carbocycles. The summed E-state index contributed by atoms with van der Waals surface area (Å²) in [7, 11) is -3.04. The Kier molecular flexibility index (Phi) is 5.23. The zero-order valence-corrected chi connectivity index (χ0v) is 15.6. The van der Waals surface area contributed by atoms with E-state index in [1.807, 2.05) is 12.3 Å². The van der Waals surface area contributed by atoms with Crippen molar-refractivity contribution in [2.75, 3.05) is 22.1 Å². The van der Waals surface area contributed by atoms with Gasteiger partial charge in [0.05, 0.1) is 17.2 Å². The number of anilines is 2. The highest BCUT2D eigenvalue weighted by Crippen LogP contribution is 2.17. The Hall–Kier alpha value is -2.46. The van der Waals surface area contributed by atoms with Gasteiger partial charge >= 0.3 is 6.03 Å². The molecule has 1 aromatic carbocycles. The molecule has 2 heterocycles. The van der Waals surface area contributed by atoms with Crippen LogP contribution in [0.15, 0.2) is 29.6 Å². The molecule has 0 aliphatic carbocycles. The summed E-state index contributed by atoms with van der Waals surface area (Å²) in [5.74, 6) is -0.220. The third kappa shape index (κ3) is 4.79. The van der Waals surface area contributed by atoms with Gasteiger partial charge in [-0.3, -0.25) is 10.1 Å². The largest absolute Gasteiger partial charge is 0.334 e. The SMILES string of the molecule is Cc1csc(NC(=O)c2ccc(NC(=O)NC3CCS(=O)(=O)C3)cc2)n1. The van der Waals surface area contributed by atoms with E-state index in [9.17, 15) is 18.0 Å². The number of urea groups is 1. The molecule has 26 heavy (non-hydrogen) atoms. The molecule has 1 saturated heterocycles. The van der Waals surface area contributed by atoms with E-state index < -0.39 is 15.9 Å². The van der Waals surface area contributed by atoms with Crippen molar-refractivity contribution in [2.24, 2.45) is 0 Å². The number of aryl methyl sites for hydroxylation is 1. The molecule has 1 aliphatic heterocycles. The molecule has 10 heteroatoms. The third-order valence-electron chi connectivity index (χ3n) is 3.81. The van der Waals surface area contributed by atoms with E-state index in [4.69, 9.17) is 0 Å². The van der Waals surface area contributed by atoms with E-state index in [0.717, 1.165) is 5.69 Å². The summed E-state index contributed by atoms with van der Waals surface area (Å²) in [4.78, 5) is 28.3. The fourth-order valence-corrected chi connectivity index (χ4v) is 4.90. The van der Waals surface area contributed by atoms with Crippen LogP contribution in [0, 0.1) is 6.92 Å². The van der Waals surface area contributed by atoms with Crippen LogP contribution in [0.25, 0.3) is 0 Å². The van der Waals surface area contributed by atoms with Gasteiger partial charge in [-0.25, -0.2) is 18.2 Å². The van der Waals surface area contributed by atoms with Gasteiger partial charge in [-0.15, -0.1) is 11.3 Å². The molecule has 0 bridgehead atoms. The molecule has 0 spiro atoms. The lowest BCUT2D eigenvalue weighted by atomic mass is 10.2. The molecule has 8 nitrogen and oxygen atoms in total. The Morgan fingerprint density at radius 2 is 1.92 bits per heavy atom. The molecule has 1 fully saturated rings. The van der Waals surface area contributed by atoms with Gasteiger partial charge in [0.25, 0.3) is 5.91 Å². The zero-order chi connectivity index (χ0) is 18.7. The summed E-state index contributed by atoms with van der Waals surface area (Å²) in [6.07, 6.45) is 0.422. The molecule has 1 aromatic heterocycles. The van der Waals surface area contributed by atoms with Gasteiger partial charge in [0, 0.05) is 22.7 Å². The lowest BCUT2D eigenvalue weighted by Gasteiger charge is -2.12. The van der Waals surface area contributed by atoms with Crippen molar-refractivity contribution in [3.8, 4) is 0 Å². The van der Waals surface area contributed by atoms with Crippen LogP contribution in [-0.2, 0) is 9.84 Å². The average Bonchev–Trinajstić information content (AvgIpc) is 3.12.